The predicted octanol–water partition coefficient (Wildman–Crippen LogP) is 6.48. The van der Waals surface area contributed by atoms with Gasteiger partial charge in [0.2, 0.25) is 0 Å². The Morgan fingerprint density at radius 2 is 1.09 bits per heavy atom. The molecule has 0 heterocycles. The van der Waals surface area contributed by atoms with E-state index in [0.717, 1.165) is 0 Å². The average molecular weight is 294 g/mol. The van der Waals surface area contributed by atoms with Crippen LogP contribution < -0.4 is 0 Å². The van der Waals surface area contributed by atoms with Crippen LogP contribution in [0.15, 0.2) is 91.0 Å². The van der Waals surface area contributed by atoms with Gasteiger partial charge < -0.3 is 0 Å². The first kappa shape index (κ1) is 13.8. The van der Waals surface area contributed by atoms with Crippen molar-refractivity contribution in [2.45, 2.75) is 6.92 Å². The Balaban J connectivity index is 1.73. The van der Waals surface area contributed by atoms with Crippen molar-refractivity contribution in [3.05, 3.63) is 96.6 Å². The first-order valence-electron chi connectivity index (χ1n) is 7.96. The topological polar surface area (TPSA) is 0 Å². The molecule has 0 nitrogen and oxygen atoms in total. The summed E-state index contributed by atoms with van der Waals surface area (Å²) in [4.78, 5) is 0. The van der Waals surface area contributed by atoms with Gasteiger partial charge in [-0.1, -0.05) is 84.9 Å². The molecular formula is C23H18. The summed E-state index contributed by atoms with van der Waals surface area (Å²) in [6, 6.07) is 32.5. The normalized spacial score (nSPS) is 10.8. The summed E-state index contributed by atoms with van der Waals surface area (Å²) in [6.07, 6.45) is 0. The van der Waals surface area contributed by atoms with Crippen LogP contribution >= 0.6 is 0 Å². The highest BCUT2D eigenvalue weighted by atomic mass is 14.1. The van der Waals surface area contributed by atoms with E-state index in [0.29, 0.717) is 0 Å². The van der Waals surface area contributed by atoms with Gasteiger partial charge in [-0.05, 0) is 51.6 Å². The van der Waals surface area contributed by atoms with Crippen molar-refractivity contribution >= 4 is 10.8 Å². The lowest BCUT2D eigenvalue weighted by atomic mass is 9.96. The molecule has 0 aliphatic heterocycles. The number of hydrogen-bond donors (Lipinski definition) is 0. The zero-order valence-corrected chi connectivity index (χ0v) is 13.2. The van der Waals surface area contributed by atoms with Crippen LogP contribution in [0.25, 0.3) is 33.0 Å². The van der Waals surface area contributed by atoms with Gasteiger partial charge in [-0.25, -0.2) is 0 Å². The van der Waals surface area contributed by atoms with E-state index < -0.39 is 0 Å². The highest BCUT2D eigenvalue weighted by Crippen LogP contribution is 2.28. The molecule has 23 heavy (non-hydrogen) atoms. The van der Waals surface area contributed by atoms with Gasteiger partial charge in [0.25, 0.3) is 0 Å². The molecule has 0 aliphatic rings. The second-order valence-corrected chi connectivity index (χ2v) is 5.95. The third-order valence-electron chi connectivity index (χ3n) is 4.42. The second-order valence-electron chi connectivity index (χ2n) is 5.95. The van der Waals surface area contributed by atoms with Crippen LogP contribution in [0.5, 0.6) is 0 Å². The Morgan fingerprint density at radius 1 is 0.478 bits per heavy atom. The van der Waals surface area contributed by atoms with E-state index in [1.165, 1.54) is 38.6 Å². The van der Waals surface area contributed by atoms with Crippen molar-refractivity contribution in [3.8, 4) is 22.3 Å². The molecule has 0 unspecified atom stereocenters. The van der Waals surface area contributed by atoms with Crippen molar-refractivity contribution in [1.29, 1.82) is 0 Å². The lowest BCUT2D eigenvalue weighted by molar-refractivity contribution is 1.46. The Hall–Kier alpha value is -2.86. The Bertz CT molecular complexity index is 962. The van der Waals surface area contributed by atoms with Gasteiger partial charge >= 0.3 is 0 Å². The largest absolute Gasteiger partial charge is 0.0620 e. The Kier molecular flexibility index (Phi) is 3.44. The third-order valence-corrected chi connectivity index (χ3v) is 4.42. The fourth-order valence-electron chi connectivity index (χ4n) is 3.11. The minimum absolute atomic E-state index is 1.26. The lowest BCUT2D eigenvalue weighted by Gasteiger charge is -2.08. The van der Waals surface area contributed by atoms with Gasteiger partial charge in [-0.15, -0.1) is 0 Å². The van der Waals surface area contributed by atoms with Gasteiger partial charge in [0, 0.05) is 0 Å². The fourth-order valence-corrected chi connectivity index (χ4v) is 3.11. The summed E-state index contributed by atoms with van der Waals surface area (Å²) in [5.74, 6) is 0. The lowest BCUT2D eigenvalue weighted by Crippen LogP contribution is -1.83. The molecule has 0 aromatic heterocycles. The molecule has 0 heteroatoms. The first-order chi connectivity index (χ1) is 11.3. The van der Waals surface area contributed by atoms with Crippen LogP contribution in [0, 0.1) is 6.92 Å². The fraction of sp³-hybridized carbons (Fsp3) is 0.0435. The maximum Gasteiger partial charge on any atom is -0.0155 e. The third kappa shape index (κ3) is 2.64. The molecule has 0 atom stereocenters. The van der Waals surface area contributed by atoms with Crippen LogP contribution in [0.2, 0.25) is 0 Å². The van der Waals surface area contributed by atoms with Crippen LogP contribution in [0.1, 0.15) is 5.56 Å². The summed E-state index contributed by atoms with van der Waals surface area (Å²) >= 11 is 0. The number of rotatable bonds is 2. The molecule has 4 rings (SSSR count). The van der Waals surface area contributed by atoms with Crippen LogP contribution in [-0.2, 0) is 0 Å². The minimum Gasteiger partial charge on any atom is -0.0620 e. The maximum atomic E-state index is 2.26. The van der Waals surface area contributed by atoms with E-state index in [4.69, 9.17) is 0 Å². The maximum absolute atomic E-state index is 2.26. The predicted molar refractivity (Wildman–Crippen MR) is 99.6 cm³/mol. The molecular weight excluding hydrogens is 276 g/mol. The standard InChI is InChI=1S/C23H18/c1-17-6-2-5-9-23(17)20-13-10-19(11-14-20)22-15-12-18-7-3-4-8-21(18)16-22/h2-16H,1H3. The van der Waals surface area contributed by atoms with Crippen molar-refractivity contribution in [3.63, 3.8) is 0 Å². The molecule has 0 amide bonds. The van der Waals surface area contributed by atoms with Gasteiger partial charge in [-0.2, -0.15) is 0 Å². The SMILES string of the molecule is Cc1ccccc1-c1ccc(-c2ccc3ccccc3c2)cc1. The average Bonchev–Trinajstić information content (AvgIpc) is 2.62. The second kappa shape index (κ2) is 5.73. The van der Waals surface area contributed by atoms with Crippen molar-refractivity contribution in [1.82, 2.24) is 0 Å². The summed E-state index contributed by atoms with van der Waals surface area (Å²) in [6.45, 7) is 2.16. The molecule has 4 aromatic carbocycles. The molecule has 0 fully saturated rings. The van der Waals surface area contributed by atoms with E-state index in [1.54, 1.807) is 0 Å². The Morgan fingerprint density at radius 3 is 1.87 bits per heavy atom. The molecule has 0 bridgehead atoms. The monoisotopic (exact) mass is 294 g/mol. The molecule has 0 saturated carbocycles. The summed E-state index contributed by atoms with van der Waals surface area (Å²) in [5, 5.41) is 2.57. The van der Waals surface area contributed by atoms with Crippen LogP contribution in [-0.4, -0.2) is 0 Å². The zero-order chi connectivity index (χ0) is 15.6. The van der Waals surface area contributed by atoms with Crippen molar-refractivity contribution in [2.75, 3.05) is 0 Å². The quantitative estimate of drug-likeness (QED) is 0.397. The molecule has 0 radical (unpaired) electrons. The van der Waals surface area contributed by atoms with E-state index in [2.05, 4.69) is 97.9 Å². The van der Waals surface area contributed by atoms with E-state index in [-0.39, 0.29) is 0 Å². The molecule has 0 N–H and O–H groups in total. The first-order valence-corrected chi connectivity index (χ1v) is 7.96. The van der Waals surface area contributed by atoms with E-state index >= 15 is 0 Å². The van der Waals surface area contributed by atoms with Crippen molar-refractivity contribution in [2.24, 2.45) is 0 Å². The molecule has 0 saturated heterocycles. The number of fused-ring (bicyclic) bond motifs is 1. The zero-order valence-electron chi connectivity index (χ0n) is 13.2. The van der Waals surface area contributed by atoms with Crippen molar-refractivity contribution < 1.29 is 0 Å². The molecule has 0 aliphatic carbocycles. The Labute approximate surface area is 137 Å². The van der Waals surface area contributed by atoms with Gasteiger partial charge in [-0.3, -0.25) is 0 Å². The summed E-state index contributed by atoms with van der Waals surface area (Å²) < 4.78 is 0. The minimum atomic E-state index is 1.26. The molecule has 4 aromatic rings. The van der Waals surface area contributed by atoms with Gasteiger partial charge in [0.05, 0.1) is 0 Å². The van der Waals surface area contributed by atoms with Gasteiger partial charge in [0.15, 0.2) is 0 Å². The van der Waals surface area contributed by atoms with E-state index in [9.17, 15) is 0 Å². The van der Waals surface area contributed by atoms with Gasteiger partial charge in [0.1, 0.15) is 0 Å². The molecule has 110 valence electrons. The highest BCUT2D eigenvalue weighted by Gasteiger charge is 2.03. The summed E-state index contributed by atoms with van der Waals surface area (Å²) in [7, 11) is 0. The number of aryl methyl sites for hydroxylation is 1. The number of hydrogen-bond acceptors (Lipinski definition) is 0. The van der Waals surface area contributed by atoms with Crippen LogP contribution in [0.4, 0.5) is 0 Å². The highest BCUT2D eigenvalue weighted by molar-refractivity contribution is 5.87. The van der Waals surface area contributed by atoms with E-state index in [1.807, 2.05) is 0 Å². The summed E-state index contributed by atoms with van der Waals surface area (Å²) in [5.41, 5.74) is 6.41. The smallest absolute Gasteiger partial charge is 0.0155 e. The number of benzene rings is 4. The van der Waals surface area contributed by atoms with Crippen LogP contribution in [0.3, 0.4) is 0 Å². The molecule has 0 spiro atoms.